The van der Waals surface area contributed by atoms with Crippen LogP contribution >= 0.6 is 0 Å². The van der Waals surface area contributed by atoms with E-state index in [1.165, 1.54) is 0 Å². The van der Waals surface area contributed by atoms with Crippen molar-refractivity contribution in [2.45, 2.75) is 12.8 Å². The molecule has 2 aliphatic rings. The number of aryl methyl sites for hydroxylation is 1. The van der Waals surface area contributed by atoms with Gasteiger partial charge >= 0.3 is 0 Å². The molecule has 1 spiro atoms. The highest BCUT2D eigenvalue weighted by atomic mass is 16.5. The second kappa shape index (κ2) is 5.77. The Balaban J connectivity index is 1.77. The van der Waals surface area contributed by atoms with Crippen LogP contribution < -0.4 is 5.32 Å². The van der Waals surface area contributed by atoms with E-state index in [0.717, 1.165) is 45.6 Å². The molecule has 0 saturated carbocycles. The zero-order valence-corrected chi connectivity index (χ0v) is 12.8. The molecule has 2 saturated heterocycles. The van der Waals surface area contributed by atoms with Crippen molar-refractivity contribution < 1.29 is 9.53 Å². The Morgan fingerprint density at radius 2 is 2.29 bits per heavy atom. The first kappa shape index (κ1) is 14.5. The zero-order valence-electron chi connectivity index (χ0n) is 12.8. The summed E-state index contributed by atoms with van der Waals surface area (Å²) >= 11 is 0. The van der Waals surface area contributed by atoms with Gasteiger partial charge in [-0.15, -0.1) is 0 Å². The van der Waals surface area contributed by atoms with Gasteiger partial charge in [-0.1, -0.05) is 0 Å². The van der Waals surface area contributed by atoms with Crippen molar-refractivity contribution in [3.63, 3.8) is 0 Å². The molecule has 0 aromatic carbocycles. The van der Waals surface area contributed by atoms with Gasteiger partial charge in [0.2, 0.25) is 0 Å². The third-order valence-corrected chi connectivity index (χ3v) is 5.02. The van der Waals surface area contributed by atoms with Gasteiger partial charge in [0.25, 0.3) is 5.91 Å². The molecule has 21 heavy (non-hydrogen) atoms. The van der Waals surface area contributed by atoms with E-state index in [1.54, 1.807) is 24.2 Å². The predicted octanol–water partition coefficient (Wildman–Crippen LogP) is 0.508. The van der Waals surface area contributed by atoms with Crippen molar-refractivity contribution in [1.82, 2.24) is 20.0 Å². The third kappa shape index (κ3) is 2.70. The summed E-state index contributed by atoms with van der Waals surface area (Å²) < 4.78 is 7.09. The molecule has 0 unspecified atom stereocenters. The molecular formula is C15H24N4O2. The van der Waals surface area contributed by atoms with E-state index in [-0.39, 0.29) is 11.3 Å². The lowest BCUT2D eigenvalue weighted by molar-refractivity contribution is 0.0701. The van der Waals surface area contributed by atoms with Crippen molar-refractivity contribution in [1.29, 1.82) is 0 Å². The predicted molar refractivity (Wildman–Crippen MR) is 79.0 cm³/mol. The van der Waals surface area contributed by atoms with E-state index >= 15 is 0 Å². The molecule has 6 heteroatoms. The molecule has 2 fully saturated rings. The number of carbonyl (C=O) groups is 1. The summed E-state index contributed by atoms with van der Waals surface area (Å²) in [5.74, 6) is 0.532. The average Bonchev–Trinajstić information content (AvgIpc) is 3.05. The van der Waals surface area contributed by atoms with Crippen LogP contribution in [0.2, 0.25) is 0 Å². The quantitative estimate of drug-likeness (QED) is 0.882. The van der Waals surface area contributed by atoms with Crippen LogP contribution in [0.25, 0.3) is 0 Å². The van der Waals surface area contributed by atoms with Gasteiger partial charge < -0.3 is 15.0 Å². The summed E-state index contributed by atoms with van der Waals surface area (Å²) in [6.45, 7) is 4.44. The smallest absolute Gasteiger partial charge is 0.257 e. The van der Waals surface area contributed by atoms with Crippen LogP contribution in [-0.2, 0) is 11.8 Å². The Morgan fingerprint density at radius 1 is 1.52 bits per heavy atom. The number of carbonyl (C=O) groups excluding carboxylic acids is 1. The third-order valence-electron chi connectivity index (χ3n) is 5.02. The number of likely N-dealkylation sites (tertiary alicyclic amines) is 1. The van der Waals surface area contributed by atoms with E-state index in [9.17, 15) is 4.79 Å². The number of aromatic nitrogens is 2. The summed E-state index contributed by atoms with van der Waals surface area (Å²) in [5.41, 5.74) is 0.902. The summed E-state index contributed by atoms with van der Waals surface area (Å²) in [4.78, 5) is 14.6. The first-order chi connectivity index (χ1) is 10.1. The maximum absolute atomic E-state index is 12.7. The van der Waals surface area contributed by atoms with Crippen LogP contribution in [-0.4, -0.2) is 60.5 Å². The van der Waals surface area contributed by atoms with Gasteiger partial charge in [0.15, 0.2) is 0 Å². The molecule has 0 bridgehead atoms. The van der Waals surface area contributed by atoms with Crippen molar-refractivity contribution in [2.24, 2.45) is 18.4 Å². The minimum Gasteiger partial charge on any atom is -0.384 e. The standard InChI is InChI=1S/C15H24N4O2/c1-18-8-12(7-17-18)14(20)19-9-13(10-21-2)15(11-19)3-5-16-6-4-15/h7-8,13,16H,3-6,9-11H2,1-2H3/t13-/m0/s1. The number of nitrogens with one attached hydrogen (secondary N) is 1. The highest BCUT2D eigenvalue weighted by Gasteiger charge is 2.48. The molecule has 1 N–H and O–H groups in total. The number of methoxy groups -OCH3 is 1. The van der Waals surface area contributed by atoms with E-state index < -0.39 is 0 Å². The Kier molecular flexibility index (Phi) is 3.99. The molecule has 2 aliphatic heterocycles. The van der Waals surface area contributed by atoms with Gasteiger partial charge in [-0.3, -0.25) is 9.48 Å². The maximum Gasteiger partial charge on any atom is 0.257 e. The fourth-order valence-electron chi connectivity index (χ4n) is 3.82. The Bertz CT molecular complexity index is 508. The average molecular weight is 292 g/mol. The fourth-order valence-corrected chi connectivity index (χ4v) is 3.82. The highest BCUT2D eigenvalue weighted by molar-refractivity contribution is 5.94. The summed E-state index contributed by atoms with van der Waals surface area (Å²) in [6.07, 6.45) is 5.69. The van der Waals surface area contributed by atoms with Crippen LogP contribution in [0.15, 0.2) is 12.4 Å². The minimum absolute atomic E-state index is 0.0969. The molecule has 1 aromatic rings. The van der Waals surface area contributed by atoms with Crippen molar-refractivity contribution >= 4 is 5.91 Å². The SMILES string of the molecule is COC[C@@H]1CN(C(=O)c2cnn(C)c2)CC12CCNCC2. The first-order valence-corrected chi connectivity index (χ1v) is 7.62. The van der Waals surface area contributed by atoms with Gasteiger partial charge in [-0.05, 0) is 31.3 Å². The topological polar surface area (TPSA) is 59.4 Å². The summed E-state index contributed by atoms with van der Waals surface area (Å²) in [7, 11) is 3.59. The van der Waals surface area contributed by atoms with Crippen LogP contribution in [0, 0.1) is 11.3 Å². The molecule has 0 aliphatic carbocycles. The van der Waals surface area contributed by atoms with Crippen molar-refractivity contribution in [3.8, 4) is 0 Å². The Morgan fingerprint density at radius 3 is 2.90 bits per heavy atom. The fraction of sp³-hybridized carbons (Fsp3) is 0.733. The molecule has 116 valence electrons. The van der Waals surface area contributed by atoms with Crippen LogP contribution in [0.3, 0.4) is 0 Å². The van der Waals surface area contributed by atoms with Gasteiger partial charge in [-0.2, -0.15) is 5.10 Å². The molecule has 3 rings (SSSR count). The lowest BCUT2D eigenvalue weighted by Gasteiger charge is -2.38. The summed E-state index contributed by atoms with van der Waals surface area (Å²) in [6, 6.07) is 0. The Labute approximate surface area is 125 Å². The number of amides is 1. The lowest BCUT2D eigenvalue weighted by atomic mass is 9.71. The second-order valence-corrected chi connectivity index (χ2v) is 6.35. The molecule has 6 nitrogen and oxygen atoms in total. The van der Waals surface area contributed by atoms with E-state index in [2.05, 4.69) is 10.4 Å². The minimum atomic E-state index is 0.0969. The normalized spacial score (nSPS) is 24.7. The van der Waals surface area contributed by atoms with E-state index in [0.29, 0.717) is 11.5 Å². The lowest BCUT2D eigenvalue weighted by Crippen LogP contribution is -2.43. The molecule has 1 amide bonds. The number of nitrogens with zero attached hydrogens (tertiary/aromatic N) is 3. The molecular weight excluding hydrogens is 268 g/mol. The molecule has 1 atom stereocenters. The number of hydrogen-bond acceptors (Lipinski definition) is 4. The monoisotopic (exact) mass is 292 g/mol. The number of rotatable bonds is 3. The van der Waals surface area contributed by atoms with Gasteiger partial charge in [0.1, 0.15) is 0 Å². The number of ether oxygens (including phenoxy) is 1. The largest absolute Gasteiger partial charge is 0.384 e. The molecule has 0 radical (unpaired) electrons. The van der Waals surface area contributed by atoms with E-state index in [4.69, 9.17) is 4.74 Å². The maximum atomic E-state index is 12.7. The number of hydrogen-bond donors (Lipinski definition) is 1. The van der Waals surface area contributed by atoms with Crippen molar-refractivity contribution in [3.05, 3.63) is 18.0 Å². The second-order valence-electron chi connectivity index (χ2n) is 6.35. The van der Waals surface area contributed by atoms with Crippen LogP contribution in [0.5, 0.6) is 0 Å². The summed E-state index contributed by atoms with van der Waals surface area (Å²) in [5, 5.41) is 7.52. The zero-order chi connectivity index (χ0) is 14.9. The first-order valence-electron chi connectivity index (χ1n) is 7.62. The highest BCUT2D eigenvalue weighted by Crippen LogP contribution is 2.43. The van der Waals surface area contributed by atoms with Gasteiger partial charge in [0.05, 0.1) is 18.4 Å². The molecule has 3 heterocycles. The number of piperidine rings is 1. The van der Waals surface area contributed by atoms with Gasteiger partial charge in [0, 0.05) is 39.4 Å². The van der Waals surface area contributed by atoms with Crippen LogP contribution in [0.1, 0.15) is 23.2 Å². The van der Waals surface area contributed by atoms with Gasteiger partial charge in [-0.25, -0.2) is 0 Å². The molecule has 1 aromatic heterocycles. The Hall–Kier alpha value is -1.40. The van der Waals surface area contributed by atoms with E-state index in [1.807, 2.05) is 11.9 Å². The van der Waals surface area contributed by atoms with Crippen LogP contribution in [0.4, 0.5) is 0 Å². The van der Waals surface area contributed by atoms with Crippen molar-refractivity contribution in [2.75, 3.05) is 39.9 Å².